The molecule has 2 atom stereocenters. The van der Waals surface area contributed by atoms with Gasteiger partial charge in [-0.25, -0.2) is 0 Å². The van der Waals surface area contributed by atoms with Crippen molar-refractivity contribution >= 4 is 29.4 Å². The molecule has 0 aromatic heterocycles. The van der Waals surface area contributed by atoms with E-state index in [2.05, 4.69) is 10.6 Å². The van der Waals surface area contributed by atoms with Gasteiger partial charge in [0.05, 0.1) is 6.42 Å². The first-order valence-corrected chi connectivity index (χ1v) is 7.67. The Hall–Kier alpha value is -2.08. The van der Waals surface area contributed by atoms with Crippen molar-refractivity contribution in [2.45, 2.75) is 39.3 Å². The van der Waals surface area contributed by atoms with E-state index in [1.54, 1.807) is 45.0 Å². The van der Waals surface area contributed by atoms with Gasteiger partial charge in [-0.15, -0.1) is 0 Å². The third kappa shape index (κ3) is 6.28. The molecule has 3 N–H and O–H groups in total. The van der Waals surface area contributed by atoms with Crippen LogP contribution < -0.4 is 10.6 Å². The van der Waals surface area contributed by atoms with Crippen molar-refractivity contribution in [3.63, 3.8) is 0 Å². The minimum Gasteiger partial charge on any atom is -0.481 e. The first-order chi connectivity index (χ1) is 10.7. The van der Waals surface area contributed by atoms with Gasteiger partial charge in [0.15, 0.2) is 0 Å². The van der Waals surface area contributed by atoms with Crippen LogP contribution in [0.4, 0.5) is 0 Å². The van der Waals surface area contributed by atoms with E-state index in [0.29, 0.717) is 10.6 Å². The summed E-state index contributed by atoms with van der Waals surface area (Å²) in [4.78, 5) is 35.1. The van der Waals surface area contributed by atoms with Crippen LogP contribution in [0.1, 0.15) is 37.6 Å². The summed E-state index contributed by atoms with van der Waals surface area (Å²) in [6.07, 6.45) is -0.179. The number of carboxylic acid groups (broad SMARTS) is 1. The van der Waals surface area contributed by atoms with Gasteiger partial charge in [0.25, 0.3) is 5.91 Å². The highest BCUT2D eigenvalue weighted by Gasteiger charge is 2.26. The molecule has 1 aromatic rings. The predicted octanol–water partition coefficient (Wildman–Crippen LogP) is 2.07. The number of hydrogen-bond donors (Lipinski definition) is 3. The summed E-state index contributed by atoms with van der Waals surface area (Å²) in [7, 11) is 0. The highest BCUT2D eigenvalue weighted by molar-refractivity contribution is 6.30. The van der Waals surface area contributed by atoms with Crippen LogP contribution in [-0.2, 0) is 9.59 Å². The smallest absolute Gasteiger partial charge is 0.305 e. The second-order valence-corrected chi connectivity index (χ2v) is 6.15. The Bertz CT molecular complexity index is 572. The zero-order valence-corrected chi connectivity index (χ0v) is 14.1. The van der Waals surface area contributed by atoms with Gasteiger partial charge in [0.1, 0.15) is 6.04 Å². The van der Waals surface area contributed by atoms with Gasteiger partial charge in [0.2, 0.25) is 5.91 Å². The van der Waals surface area contributed by atoms with E-state index in [1.165, 1.54) is 0 Å². The van der Waals surface area contributed by atoms with Crippen LogP contribution in [-0.4, -0.2) is 35.0 Å². The zero-order chi connectivity index (χ0) is 17.6. The number of benzene rings is 1. The summed E-state index contributed by atoms with van der Waals surface area (Å²) in [6.45, 7) is 5.20. The molecule has 0 aliphatic carbocycles. The van der Waals surface area contributed by atoms with E-state index >= 15 is 0 Å². The maximum atomic E-state index is 12.3. The number of aliphatic carboxylic acids is 1. The third-order valence-corrected chi connectivity index (χ3v) is 3.46. The normalized spacial score (nSPS) is 13.3. The molecule has 126 valence electrons. The fourth-order valence-corrected chi connectivity index (χ4v) is 2.13. The molecule has 0 radical (unpaired) electrons. The quantitative estimate of drug-likeness (QED) is 0.708. The number of nitrogens with one attached hydrogen (secondary N) is 2. The monoisotopic (exact) mass is 340 g/mol. The first kappa shape index (κ1) is 19.0. The number of carboxylic acids is 1. The molecule has 23 heavy (non-hydrogen) atoms. The summed E-state index contributed by atoms with van der Waals surface area (Å²) in [5, 5.41) is 14.5. The Labute approximate surface area is 140 Å². The van der Waals surface area contributed by atoms with Crippen molar-refractivity contribution in [3.8, 4) is 0 Å². The van der Waals surface area contributed by atoms with E-state index in [-0.39, 0.29) is 18.2 Å². The number of hydrogen-bond acceptors (Lipinski definition) is 3. The maximum Gasteiger partial charge on any atom is 0.305 e. The number of carbonyl (C=O) groups excluding carboxylic acids is 2. The first-order valence-electron chi connectivity index (χ1n) is 7.29. The standard InChI is InChI=1S/C16H21ClN2O4/c1-9(2)14(16(23)18-10(3)8-13(20)21)19-15(22)11-4-6-12(17)7-5-11/h4-7,9-10,14H,8H2,1-3H3,(H,18,23)(H,19,22)(H,20,21). The second-order valence-electron chi connectivity index (χ2n) is 5.71. The van der Waals surface area contributed by atoms with Crippen molar-refractivity contribution in [2.75, 3.05) is 0 Å². The van der Waals surface area contributed by atoms with E-state index in [0.717, 1.165) is 0 Å². The molecule has 0 bridgehead atoms. The zero-order valence-electron chi connectivity index (χ0n) is 13.3. The molecule has 2 amide bonds. The van der Waals surface area contributed by atoms with Crippen LogP contribution >= 0.6 is 11.6 Å². The summed E-state index contributed by atoms with van der Waals surface area (Å²) >= 11 is 5.78. The molecule has 7 heteroatoms. The van der Waals surface area contributed by atoms with E-state index in [9.17, 15) is 14.4 Å². The van der Waals surface area contributed by atoms with Crippen LogP contribution in [0.2, 0.25) is 5.02 Å². The lowest BCUT2D eigenvalue weighted by molar-refractivity contribution is -0.137. The molecule has 0 fully saturated rings. The Balaban J connectivity index is 2.74. The van der Waals surface area contributed by atoms with Gasteiger partial charge >= 0.3 is 5.97 Å². The molecule has 0 heterocycles. The van der Waals surface area contributed by atoms with Gasteiger partial charge in [0, 0.05) is 16.6 Å². The molecular formula is C16H21ClN2O4. The topological polar surface area (TPSA) is 95.5 Å². The van der Waals surface area contributed by atoms with Crippen molar-refractivity contribution in [2.24, 2.45) is 5.92 Å². The third-order valence-electron chi connectivity index (χ3n) is 3.21. The second kappa shape index (κ2) is 8.53. The average Bonchev–Trinajstić information content (AvgIpc) is 2.43. The Morgan fingerprint density at radius 2 is 1.65 bits per heavy atom. The van der Waals surface area contributed by atoms with Gasteiger partial charge < -0.3 is 15.7 Å². The Kier molecular flexibility index (Phi) is 7.03. The summed E-state index contributed by atoms with van der Waals surface area (Å²) in [5.74, 6) is -1.94. The van der Waals surface area contributed by atoms with Crippen LogP contribution in [0.25, 0.3) is 0 Å². The van der Waals surface area contributed by atoms with Crippen molar-refractivity contribution in [1.29, 1.82) is 0 Å². The van der Waals surface area contributed by atoms with Gasteiger partial charge in [-0.1, -0.05) is 25.4 Å². The summed E-state index contributed by atoms with van der Waals surface area (Å²) in [6, 6.07) is 5.05. The van der Waals surface area contributed by atoms with Crippen molar-refractivity contribution < 1.29 is 19.5 Å². The SMILES string of the molecule is CC(CC(=O)O)NC(=O)C(NC(=O)c1ccc(Cl)cc1)C(C)C. The van der Waals surface area contributed by atoms with E-state index < -0.39 is 24.0 Å². The van der Waals surface area contributed by atoms with E-state index in [1.807, 2.05) is 0 Å². The number of carbonyl (C=O) groups is 3. The molecule has 0 saturated carbocycles. The lowest BCUT2D eigenvalue weighted by Gasteiger charge is -2.23. The largest absolute Gasteiger partial charge is 0.481 e. The molecule has 0 aliphatic rings. The maximum absolute atomic E-state index is 12.3. The highest BCUT2D eigenvalue weighted by atomic mass is 35.5. The molecule has 0 saturated heterocycles. The molecule has 1 rings (SSSR count). The van der Waals surface area contributed by atoms with Crippen molar-refractivity contribution in [3.05, 3.63) is 34.9 Å². The van der Waals surface area contributed by atoms with Crippen LogP contribution in [0.3, 0.4) is 0 Å². The van der Waals surface area contributed by atoms with Crippen molar-refractivity contribution in [1.82, 2.24) is 10.6 Å². The minimum absolute atomic E-state index is 0.150. The number of rotatable bonds is 7. The average molecular weight is 341 g/mol. The summed E-state index contributed by atoms with van der Waals surface area (Å²) < 4.78 is 0. The number of amides is 2. The Morgan fingerprint density at radius 1 is 1.09 bits per heavy atom. The summed E-state index contributed by atoms with van der Waals surface area (Å²) in [5.41, 5.74) is 0.395. The highest BCUT2D eigenvalue weighted by Crippen LogP contribution is 2.11. The van der Waals surface area contributed by atoms with Gasteiger partial charge in [-0.3, -0.25) is 14.4 Å². The lowest BCUT2D eigenvalue weighted by Crippen LogP contribution is -2.51. The molecular weight excluding hydrogens is 320 g/mol. The Morgan fingerprint density at radius 3 is 2.13 bits per heavy atom. The fraction of sp³-hybridized carbons (Fsp3) is 0.438. The molecule has 0 aliphatic heterocycles. The minimum atomic E-state index is -0.996. The fourth-order valence-electron chi connectivity index (χ4n) is 2.01. The number of halogens is 1. The van der Waals surface area contributed by atoms with E-state index in [4.69, 9.17) is 16.7 Å². The molecule has 0 spiro atoms. The lowest BCUT2D eigenvalue weighted by atomic mass is 10.0. The molecule has 2 unspecified atom stereocenters. The van der Waals surface area contributed by atoms with Gasteiger partial charge in [-0.2, -0.15) is 0 Å². The molecule has 1 aromatic carbocycles. The van der Waals surface area contributed by atoms with Crippen LogP contribution in [0, 0.1) is 5.92 Å². The van der Waals surface area contributed by atoms with Crippen LogP contribution in [0.15, 0.2) is 24.3 Å². The van der Waals surface area contributed by atoms with Gasteiger partial charge in [-0.05, 0) is 37.1 Å². The predicted molar refractivity (Wildman–Crippen MR) is 87.4 cm³/mol. The molecule has 6 nitrogen and oxygen atoms in total. The van der Waals surface area contributed by atoms with Crippen LogP contribution in [0.5, 0.6) is 0 Å².